The zero-order chi connectivity index (χ0) is 14.3. The summed E-state index contributed by atoms with van der Waals surface area (Å²) in [7, 11) is 0. The molecule has 1 heterocycles. The summed E-state index contributed by atoms with van der Waals surface area (Å²) in [5.74, 6) is 0.936. The van der Waals surface area contributed by atoms with Gasteiger partial charge in [0.25, 0.3) is 0 Å². The Balaban J connectivity index is 1.90. The van der Waals surface area contributed by atoms with Crippen molar-refractivity contribution in [1.82, 2.24) is 10.6 Å². The molecule has 0 bridgehead atoms. The average Bonchev–Trinajstić information content (AvgIpc) is 2.36. The third kappa shape index (κ3) is 2.62. The predicted octanol–water partition coefficient (Wildman–Crippen LogP) is 2.91. The molecule has 3 nitrogen and oxygen atoms in total. The van der Waals surface area contributed by atoms with Crippen LogP contribution in [0.1, 0.15) is 52.4 Å². The van der Waals surface area contributed by atoms with Gasteiger partial charge in [-0.15, -0.1) is 0 Å². The van der Waals surface area contributed by atoms with Gasteiger partial charge in [-0.05, 0) is 36.4 Å². The van der Waals surface area contributed by atoms with E-state index in [0.717, 1.165) is 5.70 Å². The average molecular weight is 292 g/mol. The molecule has 2 fully saturated rings. The molecule has 3 rings (SSSR count). The summed E-state index contributed by atoms with van der Waals surface area (Å²) in [6.45, 7) is 4.24. The molecule has 20 heavy (non-hydrogen) atoms. The van der Waals surface area contributed by atoms with Gasteiger partial charge in [0.15, 0.2) is 5.11 Å². The van der Waals surface area contributed by atoms with Crippen LogP contribution in [0.25, 0.3) is 0 Å². The molecule has 3 aliphatic rings. The number of hydrogen-bond donors (Lipinski definition) is 2. The van der Waals surface area contributed by atoms with E-state index in [4.69, 9.17) is 12.2 Å². The van der Waals surface area contributed by atoms with Gasteiger partial charge in [-0.1, -0.05) is 39.2 Å². The van der Waals surface area contributed by atoms with E-state index in [1.165, 1.54) is 32.1 Å². The van der Waals surface area contributed by atoms with Crippen LogP contribution in [0, 0.1) is 17.3 Å². The zero-order valence-electron chi connectivity index (χ0n) is 12.4. The van der Waals surface area contributed by atoms with E-state index in [1.807, 2.05) is 0 Å². The molecule has 1 saturated heterocycles. The molecular formula is C16H24N2OS. The van der Waals surface area contributed by atoms with E-state index in [1.54, 1.807) is 0 Å². The monoisotopic (exact) mass is 292 g/mol. The highest BCUT2D eigenvalue weighted by Crippen LogP contribution is 2.40. The van der Waals surface area contributed by atoms with Crippen LogP contribution in [-0.2, 0) is 4.79 Å². The van der Waals surface area contributed by atoms with Crippen LogP contribution in [-0.4, -0.2) is 16.9 Å². The number of allylic oxidation sites excluding steroid dienone is 1. The summed E-state index contributed by atoms with van der Waals surface area (Å²) < 4.78 is 0. The molecule has 0 unspecified atom stereocenters. The summed E-state index contributed by atoms with van der Waals surface area (Å²) in [5, 5.41) is 7.32. The third-order valence-electron chi connectivity index (χ3n) is 4.93. The minimum absolute atomic E-state index is 0.0159. The summed E-state index contributed by atoms with van der Waals surface area (Å²) in [5.41, 5.74) is 0.991. The van der Waals surface area contributed by atoms with Gasteiger partial charge in [0, 0.05) is 18.2 Å². The maximum atomic E-state index is 12.6. The molecule has 1 aliphatic heterocycles. The van der Waals surface area contributed by atoms with E-state index in [2.05, 4.69) is 30.6 Å². The van der Waals surface area contributed by atoms with Crippen molar-refractivity contribution in [2.75, 3.05) is 0 Å². The number of fused-ring (bicyclic) bond motifs is 1. The van der Waals surface area contributed by atoms with E-state index in [9.17, 15) is 4.79 Å². The van der Waals surface area contributed by atoms with Crippen LogP contribution in [0.4, 0.5) is 0 Å². The Kier molecular flexibility index (Phi) is 3.61. The van der Waals surface area contributed by atoms with Crippen molar-refractivity contribution < 1.29 is 4.79 Å². The van der Waals surface area contributed by atoms with Gasteiger partial charge >= 0.3 is 0 Å². The minimum atomic E-state index is -0.0556. The first-order chi connectivity index (χ1) is 9.46. The van der Waals surface area contributed by atoms with E-state index < -0.39 is 0 Å². The molecule has 110 valence electrons. The number of hydrogen-bond acceptors (Lipinski definition) is 2. The molecule has 0 aromatic carbocycles. The van der Waals surface area contributed by atoms with Crippen molar-refractivity contribution in [3.8, 4) is 0 Å². The second-order valence-electron chi connectivity index (χ2n) is 7.23. The zero-order valence-corrected chi connectivity index (χ0v) is 13.2. The van der Waals surface area contributed by atoms with Crippen LogP contribution in [0.5, 0.6) is 0 Å². The Morgan fingerprint density at radius 2 is 1.95 bits per heavy atom. The first-order valence-corrected chi connectivity index (χ1v) is 8.20. The standard InChI is InChI=1S/C16H24N2OS/c1-16(2)8-11-13(12(19)9-16)14(18-15(20)17-11)10-6-4-3-5-7-10/h8,10,13-14H,3-7,9H2,1-2H3,(H2,17,18,20)/t13-,14-/m1/s1. The fourth-order valence-electron chi connectivity index (χ4n) is 4.09. The largest absolute Gasteiger partial charge is 0.358 e. The second kappa shape index (κ2) is 5.14. The van der Waals surface area contributed by atoms with E-state index >= 15 is 0 Å². The maximum absolute atomic E-state index is 12.6. The number of ketones is 1. The molecule has 4 heteroatoms. The molecule has 2 atom stereocenters. The Labute approximate surface area is 126 Å². The van der Waals surface area contributed by atoms with Crippen LogP contribution < -0.4 is 10.6 Å². The lowest BCUT2D eigenvalue weighted by Gasteiger charge is -2.44. The lowest BCUT2D eigenvalue weighted by Crippen LogP contribution is -2.60. The highest BCUT2D eigenvalue weighted by atomic mass is 32.1. The number of nitrogens with one attached hydrogen (secondary N) is 2. The van der Waals surface area contributed by atoms with Crippen molar-refractivity contribution in [2.45, 2.75) is 58.4 Å². The van der Waals surface area contributed by atoms with Gasteiger partial charge in [0.1, 0.15) is 5.78 Å². The molecule has 1 saturated carbocycles. The molecule has 0 aromatic rings. The molecular weight excluding hydrogens is 268 g/mol. The van der Waals surface area contributed by atoms with E-state index in [-0.39, 0.29) is 17.4 Å². The fourth-order valence-corrected chi connectivity index (χ4v) is 4.34. The molecule has 0 radical (unpaired) electrons. The topological polar surface area (TPSA) is 41.1 Å². The van der Waals surface area contributed by atoms with Crippen molar-refractivity contribution in [3.05, 3.63) is 11.8 Å². The van der Waals surface area contributed by atoms with Crippen molar-refractivity contribution in [3.63, 3.8) is 0 Å². The fraction of sp³-hybridized carbons (Fsp3) is 0.750. The quantitative estimate of drug-likeness (QED) is 0.729. The third-order valence-corrected chi connectivity index (χ3v) is 5.15. The van der Waals surface area contributed by atoms with Gasteiger partial charge in [-0.3, -0.25) is 4.79 Å². The highest BCUT2D eigenvalue weighted by Gasteiger charge is 2.44. The highest BCUT2D eigenvalue weighted by molar-refractivity contribution is 7.80. The van der Waals surface area contributed by atoms with Crippen LogP contribution >= 0.6 is 12.2 Å². The van der Waals surface area contributed by atoms with Crippen LogP contribution in [0.3, 0.4) is 0 Å². The lowest BCUT2D eigenvalue weighted by atomic mass is 9.68. The Bertz CT molecular complexity index is 463. The second-order valence-corrected chi connectivity index (χ2v) is 7.64. The number of rotatable bonds is 1. The predicted molar refractivity (Wildman–Crippen MR) is 84.2 cm³/mol. The van der Waals surface area contributed by atoms with Gasteiger partial charge in [-0.2, -0.15) is 0 Å². The molecule has 0 aromatic heterocycles. The van der Waals surface area contributed by atoms with E-state index in [0.29, 0.717) is 23.2 Å². The molecule has 2 aliphatic carbocycles. The Morgan fingerprint density at radius 3 is 2.65 bits per heavy atom. The number of thiocarbonyl (C=S) groups is 1. The SMILES string of the molecule is CC1(C)C=C2NC(=S)N[C@H](C3CCCCC3)[C@H]2C(=O)C1. The van der Waals surface area contributed by atoms with Crippen molar-refractivity contribution >= 4 is 23.1 Å². The summed E-state index contributed by atoms with van der Waals surface area (Å²) in [6, 6.07) is 0.207. The van der Waals surface area contributed by atoms with Crippen LogP contribution in [0.2, 0.25) is 0 Å². The smallest absolute Gasteiger partial charge is 0.170 e. The van der Waals surface area contributed by atoms with Gasteiger partial charge in [0.05, 0.1) is 5.92 Å². The van der Waals surface area contributed by atoms with Crippen LogP contribution in [0.15, 0.2) is 11.8 Å². The van der Waals surface area contributed by atoms with Crippen molar-refractivity contribution in [2.24, 2.45) is 17.3 Å². The molecule has 2 N–H and O–H groups in total. The van der Waals surface area contributed by atoms with Crippen molar-refractivity contribution in [1.29, 1.82) is 0 Å². The number of Topliss-reactive ketones (excluding diaryl/α,β-unsaturated/α-hetero) is 1. The number of carbonyl (C=O) groups is 1. The molecule has 0 spiro atoms. The normalized spacial score (nSPS) is 33.8. The summed E-state index contributed by atoms with van der Waals surface area (Å²) in [6.07, 6.45) is 9.22. The maximum Gasteiger partial charge on any atom is 0.170 e. The summed E-state index contributed by atoms with van der Waals surface area (Å²) >= 11 is 5.36. The number of carbonyl (C=O) groups excluding carboxylic acids is 1. The Hall–Kier alpha value is -0.900. The van der Waals surface area contributed by atoms with Gasteiger partial charge in [-0.25, -0.2) is 0 Å². The Morgan fingerprint density at radius 1 is 1.25 bits per heavy atom. The van der Waals surface area contributed by atoms with Gasteiger partial charge < -0.3 is 10.6 Å². The summed E-state index contributed by atoms with van der Waals surface area (Å²) in [4.78, 5) is 12.6. The lowest BCUT2D eigenvalue weighted by molar-refractivity contribution is -0.125. The molecule has 0 amide bonds. The van der Waals surface area contributed by atoms with Gasteiger partial charge in [0.2, 0.25) is 0 Å². The minimum Gasteiger partial charge on any atom is -0.358 e. The first-order valence-electron chi connectivity index (χ1n) is 7.79. The first kappa shape index (κ1) is 14.1.